The van der Waals surface area contributed by atoms with E-state index >= 15 is 0 Å². The molecule has 11 heteroatoms. The van der Waals surface area contributed by atoms with Crippen LogP contribution in [-0.2, 0) is 9.47 Å². The molecule has 2 amide bonds. The molecule has 3 aliphatic rings. The number of morpholine rings is 1. The summed E-state index contributed by atoms with van der Waals surface area (Å²) in [5.74, 6) is -0.568. The number of aromatic hydroxyl groups is 1. The number of carbonyl (C=O) groups is 2. The Balaban J connectivity index is 1.55. The zero-order chi connectivity index (χ0) is 28.1. The van der Waals surface area contributed by atoms with E-state index < -0.39 is 29.2 Å². The molecule has 2 aromatic rings. The number of piperazine rings is 1. The third kappa shape index (κ3) is 5.45. The van der Waals surface area contributed by atoms with E-state index in [4.69, 9.17) is 19.2 Å². The molecule has 5 rings (SSSR count). The second-order valence-electron chi connectivity index (χ2n) is 11.8. The van der Waals surface area contributed by atoms with Gasteiger partial charge in [0.05, 0.1) is 29.5 Å². The highest BCUT2D eigenvalue weighted by Crippen LogP contribution is 2.40. The van der Waals surface area contributed by atoms with Gasteiger partial charge in [0, 0.05) is 38.8 Å². The smallest absolute Gasteiger partial charge is 0.410 e. The van der Waals surface area contributed by atoms with Crippen LogP contribution in [0.15, 0.2) is 24.3 Å². The first kappa shape index (κ1) is 27.0. The second-order valence-corrected chi connectivity index (χ2v) is 11.8. The molecule has 3 aliphatic heterocycles. The number of nitrogens with zero attached hydrogens (tertiary/aromatic N) is 4. The van der Waals surface area contributed by atoms with E-state index in [-0.39, 0.29) is 47.4 Å². The van der Waals surface area contributed by atoms with Crippen LogP contribution in [0.3, 0.4) is 0 Å². The molecule has 1 unspecified atom stereocenters. The number of hydrogen-bond donors (Lipinski definition) is 1. The Morgan fingerprint density at radius 1 is 1.21 bits per heavy atom. The first-order valence-corrected chi connectivity index (χ1v) is 13.2. The summed E-state index contributed by atoms with van der Waals surface area (Å²) >= 11 is 0. The predicted molar refractivity (Wildman–Crippen MR) is 142 cm³/mol. The standard InChI is InChI=1S/C28H35FN4O6/c1-27(2,3)39-26(36)31-9-10-33-17(14-31)15-37-21-13-19(22-18(29)7-6-8-20(22)34)30-24(23(21)25(33)35)32-11-12-38-28(4,5)16-32/h6-8,13,17,34H,9-12,14-16H2,1-5H3. The molecule has 0 saturated carbocycles. The van der Waals surface area contributed by atoms with Gasteiger partial charge in [0.1, 0.15) is 40.9 Å². The molecule has 0 radical (unpaired) electrons. The van der Waals surface area contributed by atoms with Gasteiger partial charge >= 0.3 is 6.09 Å². The molecule has 4 heterocycles. The maximum atomic E-state index is 14.9. The Kier molecular flexibility index (Phi) is 6.82. The summed E-state index contributed by atoms with van der Waals surface area (Å²) in [6.07, 6.45) is -0.438. The van der Waals surface area contributed by atoms with Crippen LogP contribution in [0, 0.1) is 5.82 Å². The minimum atomic E-state index is -0.638. The largest absolute Gasteiger partial charge is 0.507 e. The summed E-state index contributed by atoms with van der Waals surface area (Å²) in [6.45, 7) is 11.7. The summed E-state index contributed by atoms with van der Waals surface area (Å²) in [7, 11) is 0. The van der Waals surface area contributed by atoms with Crippen molar-refractivity contribution in [3.8, 4) is 22.8 Å². The Labute approximate surface area is 227 Å². The third-order valence-electron chi connectivity index (χ3n) is 6.98. The van der Waals surface area contributed by atoms with E-state index in [9.17, 15) is 19.1 Å². The van der Waals surface area contributed by atoms with Crippen molar-refractivity contribution in [2.24, 2.45) is 0 Å². The molecule has 10 nitrogen and oxygen atoms in total. The van der Waals surface area contributed by atoms with Gasteiger partial charge < -0.3 is 34.0 Å². The second kappa shape index (κ2) is 9.86. The number of fused-ring (bicyclic) bond motifs is 2. The van der Waals surface area contributed by atoms with Crippen molar-refractivity contribution in [1.82, 2.24) is 14.8 Å². The lowest BCUT2D eigenvalue weighted by Gasteiger charge is -2.41. The average Bonchev–Trinajstić information content (AvgIpc) is 2.98. The summed E-state index contributed by atoms with van der Waals surface area (Å²) in [6, 6.07) is 5.14. The van der Waals surface area contributed by atoms with Crippen LogP contribution in [-0.4, -0.2) is 95.1 Å². The molecule has 1 atom stereocenters. The highest BCUT2D eigenvalue weighted by atomic mass is 19.1. The molecule has 0 aliphatic carbocycles. The van der Waals surface area contributed by atoms with Crippen LogP contribution < -0.4 is 9.64 Å². The fourth-order valence-corrected chi connectivity index (χ4v) is 5.23. The molecule has 2 fully saturated rings. The van der Waals surface area contributed by atoms with Crippen molar-refractivity contribution in [3.05, 3.63) is 35.6 Å². The van der Waals surface area contributed by atoms with Gasteiger partial charge in [-0.1, -0.05) is 6.07 Å². The van der Waals surface area contributed by atoms with Gasteiger partial charge in [-0.2, -0.15) is 0 Å². The van der Waals surface area contributed by atoms with Gasteiger partial charge in [-0.25, -0.2) is 14.2 Å². The number of aromatic nitrogens is 1. The highest BCUT2D eigenvalue weighted by Gasteiger charge is 2.41. The number of ether oxygens (including phenoxy) is 3. The average molecular weight is 543 g/mol. The molecule has 1 aromatic carbocycles. The van der Waals surface area contributed by atoms with Crippen LogP contribution in [0.5, 0.6) is 11.5 Å². The third-order valence-corrected chi connectivity index (χ3v) is 6.98. The van der Waals surface area contributed by atoms with E-state index in [0.29, 0.717) is 38.6 Å². The van der Waals surface area contributed by atoms with Crippen molar-refractivity contribution >= 4 is 17.8 Å². The number of hydrogen-bond acceptors (Lipinski definition) is 8. The van der Waals surface area contributed by atoms with Crippen LogP contribution in [0.2, 0.25) is 0 Å². The molecule has 0 bridgehead atoms. The topological polar surface area (TPSA) is 105 Å². The predicted octanol–water partition coefficient (Wildman–Crippen LogP) is 3.66. The van der Waals surface area contributed by atoms with Gasteiger partial charge in [0.2, 0.25) is 0 Å². The Bertz CT molecular complexity index is 1270. The summed E-state index contributed by atoms with van der Waals surface area (Å²) in [5, 5.41) is 10.5. The van der Waals surface area contributed by atoms with Crippen molar-refractivity contribution in [2.45, 2.75) is 51.9 Å². The van der Waals surface area contributed by atoms with Crippen LogP contribution in [0.1, 0.15) is 45.0 Å². The van der Waals surface area contributed by atoms with Crippen molar-refractivity contribution in [3.63, 3.8) is 0 Å². The van der Waals surface area contributed by atoms with E-state index in [2.05, 4.69) is 0 Å². The van der Waals surface area contributed by atoms with E-state index in [1.165, 1.54) is 24.3 Å². The quantitative estimate of drug-likeness (QED) is 0.613. The zero-order valence-corrected chi connectivity index (χ0v) is 23.0. The van der Waals surface area contributed by atoms with Crippen LogP contribution in [0.4, 0.5) is 15.0 Å². The van der Waals surface area contributed by atoms with Crippen molar-refractivity contribution in [2.75, 3.05) is 50.8 Å². The normalized spacial score (nSPS) is 21.0. The SMILES string of the molecule is CC(C)(C)OC(=O)N1CCN2C(=O)c3c(cc(-c4c(O)cccc4F)nc3N3CCOC(C)(C)C3)OCC2C1. The maximum Gasteiger partial charge on any atom is 0.410 e. The van der Waals surface area contributed by atoms with Gasteiger partial charge in [-0.15, -0.1) is 0 Å². The number of benzene rings is 1. The fraction of sp³-hybridized carbons (Fsp3) is 0.536. The van der Waals surface area contributed by atoms with E-state index in [0.717, 1.165) is 0 Å². The minimum absolute atomic E-state index is 0.0665. The Morgan fingerprint density at radius 2 is 1.97 bits per heavy atom. The molecule has 1 N–H and O–H groups in total. The summed E-state index contributed by atoms with van der Waals surface area (Å²) < 4.78 is 32.5. The number of amides is 2. The zero-order valence-electron chi connectivity index (χ0n) is 23.0. The highest BCUT2D eigenvalue weighted by molar-refractivity contribution is 6.03. The lowest BCUT2D eigenvalue weighted by atomic mass is 10.0. The fourth-order valence-electron chi connectivity index (χ4n) is 5.23. The van der Waals surface area contributed by atoms with Gasteiger partial charge in [0.25, 0.3) is 5.91 Å². The number of phenols is 1. The first-order valence-electron chi connectivity index (χ1n) is 13.2. The number of anilines is 1. The summed E-state index contributed by atoms with van der Waals surface area (Å²) in [5.41, 5.74) is -0.768. The lowest BCUT2D eigenvalue weighted by Crippen LogP contribution is -2.58. The molecule has 210 valence electrons. The number of halogens is 1. The van der Waals surface area contributed by atoms with Crippen LogP contribution >= 0.6 is 0 Å². The maximum absolute atomic E-state index is 14.9. The van der Waals surface area contributed by atoms with Gasteiger partial charge in [-0.3, -0.25) is 4.79 Å². The minimum Gasteiger partial charge on any atom is -0.507 e. The molecule has 2 saturated heterocycles. The number of phenolic OH excluding ortho intramolecular Hbond substituents is 1. The molecule has 39 heavy (non-hydrogen) atoms. The van der Waals surface area contributed by atoms with Crippen molar-refractivity contribution < 1.29 is 33.3 Å². The van der Waals surface area contributed by atoms with Crippen molar-refractivity contribution in [1.29, 1.82) is 0 Å². The number of rotatable bonds is 2. The molecular weight excluding hydrogens is 507 g/mol. The van der Waals surface area contributed by atoms with Crippen LogP contribution in [0.25, 0.3) is 11.3 Å². The van der Waals surface area contributed by atoms with E-state index in [1.54, 1.807) is 9.80 Å². The Morgan fingerprint density at radius 3 is 2.67 bits per heavy atom. The molecular formula is C28H35FN4O6. The summed E-state index contributed by atoms with van der Waals surface area (Å²) in [4.78, 5) is 36.8. The monoisotopic (exact) mass is 542 g/mol. The van der Waals surface area contributed by atoms with Gasteiger partial charge in [0.15, 0.2) is 0 Å². The first-order chi connectivity index (χ1) is 18.3. The number of pyridine rings is 1. The van der Waals surface area contributed by atoms with E-state index in [1.807, 2.05) is 39.5 Å². The number of carbonyl (C=O) groups excluding carboxylic acids is 2. The molecule has 1 aromatic heterocycles. The molecule has 0 spiro atoms. The lowest BCUT2D eigenvalue weighted by molar-refractivity contribution is -0.0279. The Hall–Kier alpha value is -3.60. The van der Waals surface area contributed by atoms with Gasteiger partial charge in [-0.05, 0) is 46.8 Å².